The first-order chi connectivity index (χ1) is 7.24. The third-order valence-corrected chi connectivity index (χ3v) is 2.17. The molecule has 0 atom stereocenters. The summed E-state index contributed by atoms with van der Waals surface area (Å²) in [5.41, 5.74) is 2.50. The van der Waals surface area contributed by atoms with Gasteiger partial charge in [-0.3, -0.25) is 5.10 Å². The minimum atomic E-state index is 0.646. The topological polar surface area (TPSA) is 53.6 Å². The molecular weight excluding hydrogens is 188 g/mol. The van der Waals surface area contributed by atoms with Crippen LogP contribution in [0.3, 0.4) is 0 Å². The van der Waals surface area contributed by atoms with Crippen molar-refractivity contribution in [1.82, 2.24) is 15.2 Å². The lowest BCUT2D eigenvalue weighted by molar-refractivity contribution is 1.02. The molecule has 4 nitrogen and oxygen atoms in total. The van der Waals surface area contributed by atoms with Crippen LogP contribution < -0.4 is 5.32 Å². The van der Waals surface area contributed by atoms with Crippen molar-refractivity contribution in [3.63, 3.8) is 0 Å². The zero-order chi connectivity index (χ0) is 10.7. The van der Waals surface area contributed by atoms with Crippen molar-refractivity contribution in [3.8, 4) is 0 Å². The molecule has 4 heteroatoms. The van der Waals surface area contributed by atoms with Gasteiger partial charge in [-0.05, 0) is 19.4 Å². The Kier molecular flexibility index (Phi) is 2.67. The van der Waals surface area contributed by atoms with Gasteiger partial charge in [0, 0.05) is 6.54 Å². The Morgan fingerprint density at radius 3 is 2.53 bits per heavy atom. The Labute approximate surface area is 88.8 Å². The summed E-state index contributed by atoms with van der Waals surface area (Å²) in [6.45, 7) is 4.71. The van der Waals surface area contributed by atoms with E-state index >= 15 is 0 Å². The summed E-state index contributed by atoms with van der Waals surface area (Å²) >= 11 is 0. The zero-order valence-corrected chi connectivity index (χ0v) is 8.91. The molecule has 2 N–H and O–H groups in total. The predicted octanol–water partition coefficient (Wildman–Crippen LogP) is 2.03. The molecule has 78 valence electrons. The van der Waals surface area contributed by atoms with Gasteiger partial charge in [-0.1, -0.05) is 29.8 Å². The number of H-pyrrole nitrogens is 1. The van der Waals surface area contributed by atoms with Crippen molar-refractivity contribution in [2.75, 3.05) is 5.32 Å². The number of aryl methyl sites for hydroxylation is 2. The van der Waals surface area contributed by atoms with Crippen molar-refractivity contribution < 1.29 is 0 Å². The van der Waals surface area contributed by atoms with E-state index in [2.05, 4.69) is 51.7 Å². The van der Waals surface area contributed by atoms with E-state index in [4.69, 9.17) is 0 Å². The van der Waals surface area contributed by atoms with Crippen LogP contribution in [-0.4, -0.2) is 15.2 Å². The summed E-state index contributed by atoms with van der Waals surface area (Å²) in [6, 6.07) is 8.39. The second kappa shape index (κ2) is 4.13. The number of nitrogens with zero attached hydrogens (tertiary/aromatic N) is 2. The van der Waals surface area contributed by atoms with Crippen molar-refractivity contribution >= 4 is 5.95 Å². The van der Waals surface area contributed by atoms with Gasteiger partial charge >= 0.3 is 0 Å². The van der Waals surface area contributed by atoms with Crippen LogP contribution in [0.5, 0.6) is 0 Å². The van der Waals surface area contributed by atoms with Crippen LogP contribution in [0.2, 0.25) is 0 Å². The Balaban J connectivity index is 1.96. The van der Waals surface area contributed by atoms with Crippen LogP contribution in [0.25, 0.3) is 0 Å². The molecule has 0 amide bonds. The summed E-state index contributed by atoms with van der Waals surface area (Å²) in [5.74, 6) is 1.47. The van der Waals surface area contributed by atoms with Gasteiger partial charge in [0.05, 0.1) is 0 Å². The van der Waals surface area contributed by atoms with Gasteiger partial charge < -0.3 is 5.32 Å². The van der Waals surface area contributed by atoms with Gasteiger partial charge in [-0.15, -0.1) is 5.10 Å². The SMILES string of the molecule is Cc1ccc(CNc2n[nH]c(C)n2)cc1. The number of benzene rings is 1. The monoisotopic (exact) mass is 202 g/mol. The number of aromatic nitrogens is 3. The van der Waals surface area contributed by atoms with Gasteiger partial charge in [-0.25, -0.2) is 0 Å². The van der Waals surface area contributed by atoms with Crippen LogP contribution >= 0.6 is 0 Å². The molecule has 0 aliphatic rings. The van der Waals surface area contributed by atoms with Crippen LogP contribution in [0, 0.1) is 13.8 Å². The van der Waals surface area contributed by atoms with Gasteiger partial charge in [0.1, 0.15) is 5.82 Å². The average Bonchev–Trinajstić information content (AvgIpc) is 2.64. The second-order valence-electron chi connectivity index (χ2n) is 3.58. The van der Waals surface area contributed by atoms with Gasteiger partial charge in [-0.2, -0.15) is 4.98 Å². The first-order valence-electron chi connectivity index (χ1n) is 4.92. The minimum Gasteiger partial charge on any atom is -0.349 e. The highest BCUT2D eigenvalue weighted by Gasteiger charge is 1.98. The molecule has 1 aromatic carbocycles. The van der Waals surface area contributed by atoms with Crippen molar-refractivity contribution in [2.45, 2.75) is 20.4 Å². The fourth-order valence-electron chi connectivity index (χ4n) is 1.31. The van der Waals surface area contributed by atoms with E-state index in [9.17, 15) is 0 Å². The van der Waals surface area contributed by atoms with E-state index in [1.165, 1.54) is 11.1 Å². The fraction of sp³-hybridized carbons (Fsp3) is 0.273. The molecule has 0 aliphatic carbocycles. The van der Waals surface area contributed by atoms with Crippen molar-refractivity contribution in [1.29, 1.82) is 0 Å². The molecule has 0 bridgehead atoms. The van der Waals surface area contributed by atoms with E-state index in [0.717, 1.165) is 12.4 Å². The molecule has 0 spiro atoms. The smallest absolute Gasteiger partial charge is 0.242 e. The molecule has 2 aromatic rings. The van der Waals surface area contributed by atoms with E-state index in [1.807, 2.05) is 6.92 Å². The summed E-state index contributed by atoms with van der Waals surface area (Å²) in [4.78, 5) is 4.17. The highest BCUT2D eigenvalue weighted by Crippen LogP contribution is 2.05. The zero-order valence-electron chi connectivity index (χ0n) is 8.91. The quantitative estimate of drug-likeness (QED) is 0.800. The molecule has 1 aromatic heterocycles. The number of aromatic amines is 1. The van der Waals surface area contributed by atoms with E-state index in [0.29, 0.717) is 5.95 Å². The number of nitrogens with one attached hydrogen (secondary N) is 2. The summed E-state index contributed by atoms with van der Waals surface area (Å²) in [6.07, 6.45) is 0. The minimum absolute atomic E-state index is 0.646. The molecule has 0 saturated heterocycles. The summed E-state index contributed by atoms with van der Waals surface area (Å²) < 4.78 is 0. The van der Waals surface area contributed by atoms with Gasteiger partial charge in [0.25, 0.3) is 0 Å². The van der Waals surface area contributed by atoms with Gasteiger partial charge in [0.15, 0.2) is 0 Å². The first-order valence-corrected chi connectivity index (χ1v) is 4.92. The van der Waals surface area contributed by atoms with Crippen LogP contribution in [0.4, 0.5) is 5.95 Å². The van der Waals surface area contributed by atoms with Crippen molar-refractivity contribution in [3.05, 3.63) is 41.2 Å². The Hall–Kier alpha value is -1.84. The van der Waals surface area contributed by atoms with Crippen LogP contribution in [0.1, 0.15) is 17.0 Å². The van der Waals surface area contributed by atoms with Crippen LogP contribution in [-0.2, 0) is 6.54 Å². The number of hydrogen-bond donors (Lipinski definition) is 2. The Morgan fingerprint density at radius 1 is 1.20 bits per heavy atom. The molecule has 0 fully saturated rings. The number of hydrogen-bond acceptors (Lipinski definition) is 3. The number of anilines is 1. The molecular formula is C11H14N4. The third-order valence-electron chi connectivity index (χ3n) is 2.17. The third kappa shape index (κ3) is 2.56. The molecule has 0 aliphatic heterocycles. The summed E-state index contributed by atoms with van der Waals surface area (Å²) in [5, 5.41) is 9.94. The Morgan fingerprint density at radius 2 is 1.93 bits per heavy atom. The molecule has 1 heterocycles. The molecule has 2 rings (SSSR count). The molecule has 0 saturated carbocycles. The molecule has 0 radical (unpaired) electrons. The molecule has 15 heavy (non-hydrogen) atoms. The predicted molar refractivity (Wildman–Crippen MR) is 59.6 cm³/mol. The van der Waals surface area contributed by atoms with E-state index in [-0.39, 0.29) is 0 Å². The summed E-state index contributed by atoms with van der Waals surface area (Å²) in [7, 11) is 0. The maximum absolute atomic E-state index is 4.17. The highest BCUT2D eigenvalue weighted by molar-refractivity contribution is 5.28. The van der Waals surface area contributed by atoms with E-state index < -0.39 is 0 Å². The van der Waals surface area contributed by atoms with E-state index in [1.54, 1.807) is 0 Å². The lowest BCUT2D eigenvalue weighted by atomic mass is 10.1. The average molecular weight is 202 g/mol. The van der Waals surface area contributed by atoms with Crippen molar-refractivity contribution in [2.24, 2.45) is 0 Å². The standard InChI is InChI=1S/C11H14N4/c1-8-3-5-10(6-4-8)7-12-11-13-9(2)14-15-11/h3-6H,7H2,1-2H3,(H2,12,13,14,15). The lowest BCUT2D eigenvalue weighted by Crippen LogP contribution is -2.00. The maximum Gasteiger partial charge on any atom is 0.242 e. The second-order valence-corrected chi connectivity index (χ2v) is 3.58. The largest absolute Gasteiger partial charge is 0.349 e. The first kappa shape index (κ1) is 9.71. The maximum atomic E-state index is 4.17. The molecule has 0 unspecified atom stereocenters. The van der Waals surface area contributed by atoms with Gasteiger partial charge in [0.2, 0.25) is 5.95 Å². The Bertz CT molecular complexity index is 430. The highest BCUT2D eigenvalue weighted by atomic mass is 15.3. The normalized spacial score (nSPS) is 10.3. The lowest BCUT2D eigenvalue weighted by Gasteiger charge is -2.02. The fourth-order valence-corrected chi connectivity index (χ4v) is 1.31. The number of rotatable bonds is 3. The van der Waals surface area contributed by atoms with Crippen LogP contribution in [0.15, 0.2) is 24.3 Å².